The van der Waals surface area contributed by atoms with Crippen molar-refractivity contribution in [1.82, 2.24) is 14.6 Å². The van der Waals surface area contributed by atoms with Gasteiger partial charge < -0.3 is 16.0 Å². The molecule has 0 spiro atoms. The molecule has 206 valence electrons. The molecular weight excluding hydrogens is 503 g/mol. The van der Waals surface area contributed by atoms with E-state index in [9.17, 15) is 17.6 Å². The van der Waals surface area contributed by atoms with Gasteiger partial charge in [-0.05, 0) is 90.6 Å². The van der Waals surface area contributed by atoms with Gasteiger partial charge in [-0.1, -0.05) is 20.8 Å². The lowest BCUT2D eigenvalue weighted by atomic mass is 9.88. The molecule has 4 N–H and O–H groups in total. The number of carbonyl (C=O) groups excluding carboxylic acids is 1. The van der Waals surface area contributed by atoms with Crippen LogP contribution < -0.4 is 11.1 Å². The predicted molar refractivity (Wildman–Crippen MR) is 151 cm³/mol. The molecule has 1 aromatic heterocycles. The quantitative estimate of drug-likeness (QED) is 0.367. The van der Waals surface area contributed by atoms with Gasteiger partial charge in [0.1, 0.15) is 5.82 Å². The monoisotopic (exact) mass is 542 g/mol. The first-order valence-electron chi connectivity index (χ1n) is 13.3. The Hall–Kier alpha value is -2.75. The number of benzene rings is 2. The number of fused-ring (bicyclic) bond motifs is 1. The summed E-state index contributed by atoms with van der Waals surface area (Å²) in [5, 5.41) is 4.34. The van der Waals surface area contributed by atoms with Crippen LogP contribution >= 0.6 is 0 Å². The SMILES string of the molecule is CCS(=O)(=O)N1CCC(c2c[nH]c3c(C(N)=O)cc(-c4cc(F)cc(CNC(C)C(C)(C)C)c4)cc23)CC1. The Morgan fingerprint density at radius 3 is 2.42 bits per heavy atom. The second-order valence-electron chi connectivity index (χ2n) is 11.4. The van der Waals surface area contributed by atoms with Crippen molar-refractivity contribution in [3.05, 3.63) is 59.0 Å². The molecule has 0 saturated carbocycles. The van der Waals surface area contributed by atoms with Gasteiger partial charge in [0, 0.05) is 37.3 Å². The topological polar surface area (TPSA) is 108 Å². The molecule has 1 aliphatic heterocycles. The summed E-state index contributed by atoms with van der Waals surface area (Å²) in [6.07, 6.45) is 3.26. The largest absolute Gasteiger partial charge is 0.366 e. The molecule has 0 radical (unpaired) electrons. The maximum atomic E-state index is 14.7. The number of aromatic amines is 1. The van der Waals surface area contributed by atoms with Crippen LogP contribution in [-0.2, 0) is 16.6 Å². The number of hydrogen-bond acceptors (Lipinski definition) is 4. The number of rotatable bonds is 8. The van der Waals surface area contributed by atoms with Crippen LogP contribution in [0.5, 0.6) is 0 Å². The lowest BCUT2D eigenvalue weighted by Crippen LogP contribution is -2.38. The van der Waals surface area contributed by atoms with E-state index in [4.69, 9.17) is 5.73 Å². The highest BCUT2D eigenvalue weighted by Gasteiger charge is 2.29. The molecule has 0 aliphatic carbocycles. The fourth-order valence-corrected chi connectivity index (χ4v) is 6.21. The van der Waals surface area contributed by atoms with E-state index in [0.717, 1.165) is 16.5 Å². The van der Waals surface area contributed by atoms with E-state index in [-0.39, 0.29) is 28.9 Å². The zero-order valence-corrected chi connectivity index (χ0v) is 23.7. The van der Waals surface area contributed by atoms with E-state index in [0.29, 0.717) is 54.7 Å². The molecule has 1 saturated heterocycles. The average Bonchev–Trinajstić information content (AvgIpc) is 3.29. The van der Waals surface area contributed by atoms with Gasteiger partial charge in [-0.2, -0.15) is 0 Å². The third-order valence-corrected chi connectivity index (χ3v) is 9.82. The number of H-pyrrole nitrogens is 1. The number of hydrogen-bond donors (Lipinski definition) is 3. The van der Waals surface area contributed by atoms with Crippen molar-refractivity contribution in [2.75, 3.05) is 18.8 Å². The minimum absolute atomic E-state index is 0.0686. The van der Waals surface area contributed by atoms with Gasteiger partial charge in [-0.3, -0.25) is 4.79 Å². The van der Waals surface area contributed by atoms with Crippen LogP contribution in [-0.4, -0.2) is 48.5 Å². The van der Waals surface area contributed by atoms with Crippen molar-refractivity contribution in [3.8, 4) is 11.1 Å². The Kier molecular flexibility index (Phi) is 8.02. The zero-order valence-electron chi connectivity index (χ0n) is 22.9. The number of aromatic nitrogens is 1. The van der Waals surface area contributed by atoms with Crippen LogP contribution in [0.15, 0.2) is 36.5 Å². The Balaban J connectivity index is 1.69. The molecule has 2 heterocycles. The summed E-state index contributed by atoms with van der Waals surface area (Å²) < 4.78 is 40.9. The van der Waals surface area contributed by atoms with Crippen LogP contribution in [0.1, 0.15) is 74.9 Å². The standard InChI is InChI=1S/C29H39FN4O3S/c1-6-38(36,37)34-9-7-20(8-10-34)26-17-33-27-24(26)14-22(15-25(27)28(31)35)21-11-19(12-23(30)13-21)16-32-18(2)29(3,4)5/h11-15,17-18,20,32-33H,6-10,16H2,1-5H3,(H2,31,35). The molecule has 0 bridgehead atoms. The molecule has 4 rings (SSSR count). The van der Waals surface area contributed by atoms with Crippen LogP contribution in [0.3, 0.4) is 0 Å². The predicted octanol–water partition coefficient (Wildman–Crippen LogP) is 5.13. The number of amides is 1. The molecule has 1 fully saturated rings. The number of halogens is 1. The lowest BCUT2D eigenvalue weighted by Gasteiger charge is -2.31. The lowest BCUT2D eigenvalue weighted by molar-refractivity contribution is 0.100. The molecule has 2 aromatic carbocycles. The molecule has 1 unspecified atom stereocenters. The Morgan fingerprint density at radius 2 is 1.82 bits per heavy atom. The first kappa shape index (κ1) is 28.3. The Labute approximate surface area is 225 Å². The fraction of sp³-hybridized carbons (Fsp3) is 0.483. The number of piperidine rings is 1. The normalized spacial score (nSPS) is 16.7. The zero-order chi connectivity index (χ0) is 27.8. The van der Waals surface area contributed by atoms with Gasteiger partial charge in [0.15, 0.2) is 0 Å². The van der Waals surface area contributed by atoms with Crippen molar-refractivity contribution in [2.24, 2.45) is 11.1 Å². The Bertz CT molecular complexity index is 1430. The van der Waals surface area contributed by atoms with Crippen molar-refractivity contribution in [2.45, 2.75) is 66.0 Å². The highest BCUT2D eigenvalue weighted by atomic mass is 32.2. The van der Waals surface area contributed by atoms with E-state index >= 15 is 0 Å². The number of nitrogens with zero attached hydrogens (tertiary/aromatic N) is 1. The van der Waals surface area contributed by atoms with Gasteiger partial charge in [0.2, 0.25) is 10.0 Å². The van der Waals surface area contributed by atoms with Crippen molar-refractivity contribution < 1.29 is 17.6 Å². The van der Waals surface area contributed by atoms with E-state index in [2.05, 4.69) is 38.0 Å². The minimum atomic E-state index is -3.22. The summed E-state index contributed by atoms with van der Waals surface area (Å²) in [6, 6.07) is 8.87. The molecular formula is C29H39FN4O3S. The van der Waals surface area contributed by atoms with E-state index in [1.54, 1.807) is 17.3 Å². The first-order chi connectivity index (χ1) is 17.8. The van der Waals surface area contributed by atoms with E-state index in [1.165, 1.54) is 12.1 Å². The fourth-order valence-electron chi connectivity index (χ4n) is 5.08. The highest BCUT2D eigenvalue weighted by Crippen LogP contribution is 2.37. The molecule has 38 heavy (non-hydrogen) atoms. The molecule has 3 aromatic rings. The molecule has 1 amide bonds. The number of nitrogens with one attached hydrogen (secondary N) is 2. The number of sulfonamides is 1. The summed E-state index contributed by atoms with van der Waals surface area (Å²) in [5.74, 6) is -0.682. The number of carbonyl (C=O) groups is 1. The molecule has 9 heteroatoms. The van der Waals surface area contributed by atoms with Gasteiger partial charge >= 0.3 is 0 Å². The third-order valence-electron chi connectivity index (χ3n) is 7.94. The molecule has 1 atom stereocenters. The van der Waals surface area contributed by atoms with E-state index in [1.807, 2.05) is 18.3 Å². The highest BCUT2D eigenvalue weighted by molar-refractivity contribution is 7.89. The second-order valence-corrected chi connectivity index (χ2v) is 13.7. The van der Waals surface area contributed by atoms with Gasteiger partial charge in [-0.15, -0.1) is 0 Å². The van der Waals surface area contributed by atoms with Gasteiger partial charge in [0.05, 0.1) is 16.8 Å². The summed E-state index contributed by atoms with van der Waals surface area (Å²) in [4.78, 5) is 15.6. The maximum Gasteiger partial charge on any atom is 0.250 e. The van der Waals surface area contributed by atoms with Crippen LogP contribution in [0.25, 0.3) is 22.0 Å². The van der Waals surface area contributed by atoms with Crippen LogP contribution in [0.2, 0.25) is 0 Å². The van der Waals surface area contributed by atoms with Crippen LogP contribution in [0, 0.1) is 11.2 Å². The molecule has 1 aliphatic rings. The van der Waals surface area contributed by atoms with Crippen molar-refractivity contribution in [1.29, 1.82) is 0 Å². The number of primary amides is 1. The Morgan fingerprint density at radius 1 is 1.16 bits per heavy atom. The maximum absolute atomic E-state index is 14.7. The van der Waals surface area contributed by atoms with E-state index < -0.39 is 15.9 Å². The van der Waals surface area contributed by atoms with Crippen molar-refractivity contribution >= 4 is 26.8 Å². The summed E-state index contributed by atoms with van der Waals surface area (Å²) >= 11 is 0. The summed E-state index contributed by atoms with van der Waals surface area (Å²) in [6.45, 7) is 11.7. The minimum Gasteiger partial charge on any atom is -0.366 e. The summed E-state index contributed by atoms with van der Waals surface area (Å²) in [7, 11) is -3.22. The van der Waals surface area contributed by atoms with Gasteiger partial charge in [-0.25, -0.2) is 17.1 Å². The average molecular weight is 543 g/mol. The second kappa shape index (κ2) is 10.8. The third kappa shape index (κ3) is 5.95. The van der Waals surface area contributed by atoms with Gasteiger partial charge in [0.25, 0.3) is 5.91 Å². The summed E-state index contributed by atoms with van der Waals surface area (Å²) in [5.41, 5.74) is 10.0. The van der Waals surface area contributed by atoms with Crippen LogP contribution in [0.4, 0.5) is 4.39 Å². The van der Waals surface area contributed by atoms with Crippen molar-refractivity contribution in [3.63, 3.8) is 0 Å². The number of nitrogens with two attached hydrogens (primary N) is 1. The first-order valence-corrected chi connectivity index (χ1v) is 14.9. The molecule has 7 nitrogen and oxygen atoms in total. The smallest absolute Gasteiger partial charge is 0.250 e.